The van der Waals surface area contributed by atoms with E-state index >= 15 is 0 Å². The van der Waals surface area contributed by atoms with Crippen LogP contribution in [0, 0.1) is 23.3 Å². The van der Waals surface area contributed by atoms with Gasteiger partial charge in [0.15, 0.2) is 23.3 Å². The molecule has 1 saturated heterocycles. The third kappa shape index (κ3) is 4.46. The maximum Gasteiger partial charge on any atom is 0.259 e. The topological polar surface area (TPSA) is 124 Å². The summed E-state index contributed by atoms with van der Waals surface area (Å²) >= 11 is 0. The van der Waals surface area contributed by atoms with Gasteiger partial charge in [0, 0.05) is 84.5 Å². The number of nitrogens with one attached hydrogen (secondary N) is 2. The fraction of sp³-hybridized carbons (Fsp3) is 0.333. The lowest BCUT2D eigenvalue weighted by molar-refractivity contribution is -0.0650. The summed E-state index contributed by atoms with van der Waals surface area (Å²) in [5, 5.41) is 23.0. The van der Waals surface area contributed by atoms with Crippen molar-refractivity contribution in [2.24, 2.45) is 0 Å². The number of hydrogen-bond acceptors (Lipinski definition) is 7. The summed E-state index contributed by atoms with van der Waals surface area (Å²) in [6.07, 6.45) is -1.61. The zero-order chi connectivity index (χ0) is 31.0. The van der Waals surface area contributed by atoms with E-state index < -0.39 is 52.9 Å². The van der Waals surface area contributed by atoms with Gasteiger partial charge >= 0.3 is 0 Å². The molecule has 226 valence electrons. The number of benzene rings is 3. The number of hydrogen-bond donors (Lipinski definition) is 4. The minimum atomic E-state index is -1.18. The van der Waals surface area contributed by atoms with Crippen molar-refractivity contribution in [2.75, 3.05) is 32.3 Å². The second-order valence-electron chi connectivity index (χ2n) is 11.2. The average molecular weight is 602 g/mol. The summed E-state index contributed by atoms with van der Waals surface area (Å²) < 4.78 is 67.9. The number of carbonyl (C=O) groups excluding carboxylic acids is 2. The fourth-order valence-electron chi connectivity index (χ4n) is 6.32. The van der Waals surface area contributed by atoms with Crippen LogP contribution in [-0.2, 0) is 16.0 Å². The van der Waals surface area contributed by atoms with E-state index in [4.69, 9.17) is 4.74 Å². The van der Waals surface area contributed by atoms with E-state index in [1.165, 1.54) is 0 Å². The number of aliphatic hydroxyl groups excluding tert-OH is 2. The third-order valence-electron chi connectivity index (χ3n) is 8.11. The Hall–Kier alpha value is -4.04. The Balaban J connectivity index is 0.00000105. The number of methoxy groups -OCH3 is 1. The zero-order valence-corrected chi connectivity index (χ0v) is 23.3. The predicted octanol–water partition coefficient (Wildman–Crippen LogP) is 3.91. The molecule has 0 aliphatic carbocycles. The lowest BCUT2D eigenvalue weighted by Crippen LogP contribution is -2.40. The number of fused-ring (bicyclic) bond motifs is 10. The van der Waals surface area contributed by atoms with Gasteiger partial charge in [-0.3, -0.25) is 14.9 Å². The van der Waals surface area contributed by atoms with Gasteiger partial charge in [0.1, 0.15) is 6.10 Å². The van der Waals surface area contributed by atoms with E-state index in [0.29, 0.717) is 11.1 Å². The average Bonchev–Trinajstić information content (AvgIpc) is 3.55. The maximum absolute atomic E-state index is 14.7. The summed E-state index contributed by atoms with van der Waals surface area (Å²) in [6.45, 7) is 1.30. The van der Waals surface area contributed by atoms with Gasteiger partial charge in [-0.25, -0.2) is 17.6 Å². The van der Waals surface area contributed by atoms with Crippen LogP contribution in [0.3, 0.4) is 0 Å². The number of halogens is 4. The predicted molar refractivity (Wildman–Crippen MR) is 148 cm³/mol. The summed E-state index contributed by atoms with van der Waals surface area (Å²) in [6, 6.07) is 3.79. The Labute approximate surface area is 242 Å². The molecule has 0 spiro atoms. The molecule has 2 amide bonds. The number of amides is 2. The Kier molecular flexibility index (Phi) is 6.96. The van der Waals surface area contributed by atoms with Gasteiger partial charge in [0.05, 0.1) is 35.0 Å². The Bertz CT molecular complexity index is 1840. The molecule has 4 N–H and O–H groups in total. The van der Waals surface area contributed by atoms with E-state index in [1.807, 2.05) is 0 Å². The number of imide groups is 1. The van der Waals surface area contributed by atoms with Crippen LogP contribution < -0.4 is 10.2 Å². The van der Waals surface area contributed by atoms with Crippen LogP contribution in [0.4, 0.5) is 23.2 Å². The van der Waals surface area contributed by atoms with Crippen LogP contribution in [0.2, 0.25) is 0 Å². The minimum absolute atomic E-state index is 0.00145. The minimum Gasteiger partial charge on any atom is -0.393 e. The summed E-state index contributed by atoms with van der Waals surface area (Å²) in [7, 11) is 3.25. The molecule has 0 radical (unpaired) electrons. The SMILES string of the molecule is CC1(CO)CC(O)C(CN2Cc3c(c4c(c5c3[nH]c3cc(F)c(F)cc35)C(=O)NC4=O)-c3cc(F)c(F)cc32)O1.COC. The number of aromatic nitrogens is 1. The van der Waals surface area contributed by atoms with Gasteiger partial charge in [0.25, 0.3) is 11.8 Å². The number of aromatic amines is 1. The molecule has 3 aromatic carbocycles. The highest BCUT2D eigenvalue weighted by molar-refractivity contribution is 6.33. The molecule has 43 heavy (non-hydrogen) atoms. The maximum atomic E-state index is 14.7. The van der Waals surface area contributed by atoms with E-state index in [9.17, 15) is 37.4 Å². The second-order valence-corrected chi connectivity index (χ2v) is 11.2. The molecule has 7 rings (SSSR count). The Morgan fingerprint density at radius 3 is 2.30 bits per heavy atom. The van der Waals surface area contributed by atoms with E-state index in [-0.39, 0.29) is 70.3 Å². The quantitative estimate of drug-likeness (QED) is 0.207. The van der Waals surface area contributed by atoms with E-state index in [2.05, 4.69) is 15.0 Å². The zero-order valence-electron chi connectivity index (χ0n) is 23.3. The molecule has 1 aromatic heterocycles. The van der Waals surface area contributed by atoms with Gasteiger partial charge in [-0.15, -0.1) is 0 Å². The molecular formula is C30H27F4N3O6. The number of H-pyrrole nitrogens is 1. The van der Waals surface area contributed by atoms with Gasteiger partial charge in [-0.05, 0) is 19.1 Å². The highest BCUT2D eigenvalue weighted by Crippen LogP contribution is 2.49. The van der Waals surface area contributed by atoms with Crippen LogP contribution in [0.15, 0.2) is 24.3 Å². The Morgan fingerprint density at radius 1 is 1.00 bits per heavy atom. The number of rotatable bonds is 3. The van der Waals surface area contributed by atoms with Crippen LogP contribution >= 0.6 is 0 Å². The second kappa shape index (κ2) is 10.3. The van der Waals surface area contributed by atoms with Crippen LogP contribution in [0.25, 0.3) is 32.9 Å². The molecule has 0 bridgehead atoms. The van der Waals surface area contributed by atoms with Gasteiger partial charge in [-0.1, -0.05) is 0 Å². The smallest absolute Gasteiger partial charge is 0.259 e. The van der Waals surface area contributed by atoms with Crippen LogP contribution in [-0.4, -0.2) is 72.2 Å². The van der Waals surface area contributed by atoms with Crippen molar-refractivity contribution in [3.8, 4) is 11.1 Å². The lowest BCUT2D eigenvalue weighted by Gasteiger charge is -2.36. The van der Waals surface area contributed by atoms with Gasteiger partial charge in [0.2, 0.25) is 0 Å². The van der Waals surface area contributed by atoms with E-state index in [1.54, 1.807) is 26.0 Å². The highest BCUT2D eigenvalue weighted by Gasteiger charge is 2.45. The number of carbonyl (C=O) groups is 2. The largest absolute Gasteiger partial charge is 0.393 e. The number of ether oxygens (including phenoxy) is 2. The van der Waals surface area contributed by atoms with Crippen molar-refractivity contribution in [3.05, 3.63) is 64.2 Å². The number of aliphatic hydroxyl groups is 2. The molecule has 1 fully saturated rings. The molecule has 13 heteroatoms. The Morgan fingerprint density at radius 2 is 1.63 bits per heavy atom. The first-order valence-electron chi connectivity index (χ1n) is 13.4. The van der Waals surface area contributed by atoms with E-state index in [0.717, 1.165) is 24.3 Å². The highest BCUT2D eigenvalue weighted by atomic mass is 19.2. The molecular weight excluding hydrogens is 574 g/mol. The first-order valence-corrected chi connectivity index (χ1v) is 13.4. The standard InChI is InChI=1S/C28H21F4N3O5.C2H6O/c1-28(9-36)6-19(37)20(40-28)8-35-7-12-21(11-3-14(30)16(32)5-18(11)35)23-24(27(39)34-26(23)38)22-10-2-13(29)15(31)4-17(10)33-25(12)22;1-3-2/h2-5,19-20,33,36-37H,6-9H2,1H3,(H,34,38,39);1-2H3. The van der Waals surface area contributed by atoms with Crippen molar-refractivity contribution in [1.82, 2.24) is 10.3 Å². The first kappa shape index (κ1) is 29.1. The molecule has 4 heterocycles. The normalized spacial score (nSPS) is 22.4. The number of anilines is 1. The van der Waals surface area contributed by atoms with Crippen LogP contribution in [0.1, 0.15) is 39.6 Å². The summed E-state index contributed by atoms with van der Waals surface area (Å²) in [5.74, 6) is -6.10. The van der Waals surface area contributed by atoms with Crippen LogP contribution in [0.5, 0.6) is 0 Å². The number of nitrogens with zero attached hydrogens (tertiary/aromatic N) is 1. The van der Waals surface area contributed by atoms with Crippen molar-refractivity contribution in [1.29, 1.82) is 0 Å². The monoisotopic (exact) mass is 601 g/mol. The van der Waals surface area contributed by atoms with Crippen molar-refractivity contribution < 1.29 is 46.8 Å². The molecule has 3 atom stereocenters. The van der Waals surface area contributed by atoms with Gasteiger partial charge < -0.3 is 29.6 Å². The summed E-state index contributed by atoms with van der Waals surface area (Å²) in [5.41, 5.74) is 0.247. The molecule has 4 aromatic rings. The van der Waals surface area contributed by atoms with Crippen molar-refractivity contribution in [2.45, 2.75) is 37.7 Å². The molecule has 9 nitrogen and oxygen atoms in total. The van der Waals surface area contributed by atoms with Gasteiger partial charge in [-0.2, -0.15) is 0 Å². The van der Waals surface area contributed by atoms with Crippen molar-refractivity contribution in [3.63, 3.8) is 0 Å². The lowest BCUT2D eigenvalue weighted by atomic mass is 9.84. The molecule has 3 unspecified atom stereocenters. The summed E-state index contributed by atoms with van der Waals surface area (Å²) in [4.78, 5) is 30.8. The molecule has 3 aliphatic heterocycles. The third-order valence-corrected chi connectivity index (χ3v) is 8.11. The first-order chi connectivity index (χ1) is 20.4. The fourth-order valence-corrected chi connectivity index (χ4v) is 6.32. The molecule has 3 aliphatic rings. The molecule has 0 saturated carbocycles. The van der Waals surface area contributed by atoms with Crippen molar-refractivity contribution >= 4 is 39.3 Å².